The number of fused-ring (bicyclic) bond motifs is 3. The number of nitrogens with zero attached hydrogens (tertiary/aromatic N) is 1. The van der Waals surface area contributed by atoms with Crippen LogP contribution in [0, 0.1) is 0 Å². The number of aromatic nitrogens is 1. The summed E-state index contributed by atoms with van der Waals surface area (Å²) in [6, 6.07) is 5.63. The lowest BCUT2D eigenvalue weighted by atomic mass is 10.0. The number of esters is 1. The van der Waals surface area contributed by atoms with Gasteiger partial charge in [-0.05, 0) is 36.6 Å². The number of benzene rings is 1. The molecule has 110 valence electrons. The Balaban J connectivity index is 2.01. The fourth-order valence-corrected chi connectivity index (χ4v) is 3.05. The largest absolute Gasteiger partial charge is 0.469 e. The summed E-state index contributed by atoms with van der Waals surface area (Å²) in [7, 11) is 1.41. The van der Waals surface area contributed by atoms with Gasteiger partial charge in [0.05, 0.1) is 13.5 Å². The van der Waals surface area contributed by atoms with Gasteiger partial charge in [-0.3, -0.25) is 4.79 Å². The third-order valence-electron chi connectivity index (χ3n) is 4.13. The number of nitrogens with one attached hydrogen (secondary N) is 1. The van der Waals surface area contributed by atoms with E-state index < -0.39 is 0 Å². The molecule has 1 aromatic heterocycles. The van der Waals surface area contributed by atoms with E-state index in [1.54, 1.807) is 6.07 Å². The fraction of sp³-hybridized carbons (Fsp3) is 0.333. The van der Waals surface area contributed by atoms with Gasteiger partial charge < -0.3 is 20.7 Å². The van der Waals surface area contributed by atoms with Crippen LogP contribution in [0.15, 0.2) is 23.4 Å². The molecule has 4 N–H and O–H groups in total. The van der Waals surface area contributed by atoms with Gasteiger partial charge >= 0.3 is 5.97 Å². The van der Waals surface area contributed by atoms with Gasteiger partial charge in [-0.25, -0.2) is 0 Å². The highest BCUT2D eigenvalue weighted by molar-refractivity contribution is 6.01. The molecule has 0 radical (unpaired) electrons. The maximum absolute atomic E-state index is 11.5. The number of rotatable bonds is 3. The number of H-pyrrole nitrogens is 1. The molecule has 1 aliphatic carbocycles. The molecule has 1 heterocycles. The molecule has 6 heteroatoms. The Bertz CT molecular complexity index is 733. The first-order valence-corrected chi connectivity index (χ1v) is 6.83. The molecule has 1 atom stereocenters. The van der Waals surface area contributed by atoms with Gasteiger partial charge in [-0.15, -0.1) is 0 Å². The number of hydrogen-bond acceptors (Lipinski definition) is 4. The first kappa shape index (κ1) is 13.5. The predicted octanol–water partition coefficient (Wildman–Crippen LogP) is 1.86. The van der Waals surface area contributed by atoms with Crippen LogP contribution in [0.3, 0.4) is 0 Å². The Morgan fingerprint density at radius 2 is 2.38 bits per heavy atom. The Morgan fingerprint density at radius 3 is 3.10 bits per heavy atom. The maximum atomic E-state index is 11.5. The molecule has 2 aromatic rings. The van der Waals surface area contributed by atoms with Gasteiger partial charge in [0.15, 0.2) is 5.84 Å². The number of aromatic amines is 1. The average molecular weight is 287 g/mol. The summed E-state index contributed by atoms with van der Waals surface area (Å²) in [6.07, 6.45) is 2.24. The first-order valence-electron chi connectivity index (χ1n) is 6.83. The van der Waals surface area contributed by atoms with E-state index in [4.69, 9.17) is 15.7 Å². The quantitative estimate of drug-likeness (QED) is 0.264. The van der Waals surface area contributed by atoms with Crippen molar-refractivity contribution < 1.29 is 14.7 Å². The van der Waals surface area contributed by atoms with Crippen molar-refractivity contribution in [3.8, 4) is 0 Å². The normalized spacial score (nSPS) is 18.0. The minimum atomic E-state index is -0.191. The molecule has 0 amide bonds. The van der Waals surface area contributed by atoms with Gasteiger partial charge in [-0.2, -0.15) is 0 Å². The van der Waals surface area contributed by atoms with Crippen molar-refractivity contribution in [3.05, 3.63) is 35.0 Å². The van der Waals surface area contributed by atoms with Crippen molar-refractivity contribution in [2.24, 2.45) is 10.9 Å². The highest BCUT2D eigenvalue weighted by atomic mass is 16.5. The SMILES string of the molecule is COC(=O)CC1CCc2c1[nH]c1ccc(/C(N)=N/O)cc21. The van der Waals surface area contributed by atoms with Crippen molar-refractivity contribution in [2.45, 2.75) is 25.2 Å². The van der Waals surface area contributed by atoms with Crippen molar-refractivity contribution >= 4 is 22.7 Å². The van der Waals surface area contributed by atoms with Crippen LogP contribution in [-0.4, -0.2) is 29.1 Å². The zero-order valence-electron chi connectivity index (χ0n) is 11.7. The van der Waals surface area contributed by atoms with E-state index in [1.807, 2.05) is 12.1 Å². The van der Waals surface area contributed by atoms with Crippen LogP contribution >= 0.6 is 0 Å². The zero-order valence-corrected chi connectivity index (χ0v) is 11.7. The summed E-state index contributed by atoms with van der Waals surface area (Å²) in [5.41, 5.74) is 9.64. The lowest BCUT2D eigenvalue weighted by Gasteiger charge is -2.07. The van der Waals surface area contributed by atoms with Crippen LogP contribution < -0.4 is 5.73 Å². The Morgan fingerprint density at radius 1 is 1.57 bits per heavy atom. The summed E-state index contributed by atoms with van der Waals surface area (Å²) < 4.78 is 4.75. The third-order valence-corrected chi connectivity index (χ3v) is 4.13. The second-order valence-electron chi connectivity index (χ2n) is 5.28. The molecule has 6 nitrogen and oxygen atoms in total. The number of hydrogen-bond donors (Lipinski definition) is 3. The maximum Gasteiger partial charge on any atom is 0.306 e. The standard InChI is InChI=1S/C15H17N3O3/c1-21-13(19)7-8-2-4-10-11-6-9(15(16)18-20)3-5-12(11)17-14(8)10/h3,5-6,8,17,20H,2,4,7H2,1H3,(H2,16,18). The number of methoxy groups -OCH3 is 1. The van der Waals surface area contributed by atoms with Crippen LogP contribution in [-0.2, 0) is 16.0 Å². The van der Waals surface area contributed by atoms with Crippen molar-refractivity contribution in [3.63, 3.8) is 0 Å². The molecular weight excluding hydrogens is 270 g/mol. The number of carbonyl (C=O) groups is 1. The Labute approximate surface area is 121 Å². The fourth-order valence-electron chi connectivity index (χ4n) is 3.05. The second-order valence-corrected chi connectivity index (χ2v) is 5.28. The topological polar surface area (TPSA) is 101 Å². The first-order chi connectivity index (χ1) is 10.1. The Hall–Kier alpha value is -2.50. The molecule has 1 aromatic carbocycles. The summed E-state index contributed by atoms with van der Waals surface area (Å²) in [5.74, 6) is 0.0759. The average Bonchev–Trinajstić information content (AvgIpc) is 3.05. The molecule has 3 rings (SSSR count). The zero-order chi connectivity index (χ0) is 15.0. The van der Waals surface area contributed by atoms with E-state index in [2.05, 4.69) is 10.1 Å². The number of carbonyl (C=O) groups excluding carboxylic acids is 1. The molecular formula is C15H17N3O3. The highest BCUT2D eigenvalue weighted by Crippen LogP contribution is 2.39. The van der Waals surface area contributed by atoms with E-state index >= 15 is 0 Å². The summed E-state index contributed by atoms with van der Waals surface area (Å²) in [5, 5.41) is 12.9. The minimum Gasteiger partial charge on any atom is -0.469 e. The van der Waals surface area contributed by atoms with Gasteiger partial charge in [-0.1, -0.05) is 5.16 Å². The predicted molar refractivity (Wildman–Crippen MR) is 78.5 cm³/mol. The molecule has 21 heavy (non-hydrogen) atoms. The minimum absolute atomic E-state index is 0.0935. The molecule has 0 bridgehead atoms. The lowest BCUT2D eigenvalue weighted by Crippen LogP contribution is -2.12. The summed E-state index contributed by atoms with van der Waals surface area (Å²) in [6.45, 7) is 0. The summed E-state index contributed by atoms with van der Waals surface area (Å²) in [4.78, 5) is 14.9. The van der Waals surface area contributed by atoms with Crippen molar-refractivity contribution in [2.75, 3.05) is 7.11 Å². The second kappa shape index (κ2) is 5.12. The number of amidine groups is 1. The van der Waals surface area contributed by atoms with Gasteiger partial charge in [0.1, 0.15) is 0 Å². The van der Waals surface area contributed by atoms with Crippen LogP contribution in [0.4, 0.5) is 0 Å². The molecule has 0 saturated heterocycles. The molecule has 1 aliphatic rings. The van der Waals surface area contributed by atoms with Crippen LogP contribution in [0.25, 0.3) is 10.9 Å². The Kier molecular flexibility index (Phi) is 3.29. The number of aryl methyl sites for hydroxylation is 1. The third kappa shape index (κ3) is 2.22. The van der Waals surface area contributed by atoms with E-state index in [0.29, 0.717) is 12.0 Å². The van der Waals surface area contributed by atoms with Gasteiger partial charge in [0.25, 0.3) is 0 Å². The number of oxime groups is 1. The molecule has 0 fully saturated rings. The molecule has 1 unspecified atom stereocenters. The molecule has 0 saturated carbocycles. The van der Waals surface area contributed by atoms with Crippen molar-refractivity contribution in [1.82, 2.24) is 4.98 Å². The molecule has 0 spiro atoms. The van der Waals surface area contributed by atoms with E-state index in [1.165, 1.54) is 12.7 Å². The van der Waals surface area contributed by atoms with E-state index in [0.717, 1.165) is 29.4 Å². The number of nitrogens with two attached hydrogens (primary N) is 1. The van der Waals surface area contributed by atoms with E-state index in [-0.39, 0.29) is 17.7 Å². The van der Waals surface area contributed by atoms with Crippen LogP contribution in [0.2, 0.25) is 0 Å². The van der Waals surface area contributed by atoms with Crippen molar-refractivity contribution in [1.29, 1.82) is 0 Å². The number of ether oxygens (including phenoxy) is 1. The summed E-state index contributed by atoms with van der Waals surface area (Å²) >= 11 is 0. The molecule has 0 aliphatic heterocycles. The highest BCUT2D eigenvalue weighted by Gasteiger charge is 2.28. The van der Waals surface area contributed by atoms with Crippen LogP contribution in [0.1, 0.15) is 35.6 Å². The monoisotopic (exact) mass is 287 g/mol. The van der Waals surface area contributed by atoms with Gasteiger partial charge in [0, 0.05) is 28.1 Å². The van der Waals surface area contributed by atoms with E-state index in [9.17, 15) is 4.79 Å². The van der Waals surface area contributed by atoms with Gasteiger partial charge in [0.2, 0.25) is 0 Å². The lowest BCUT2D eigenvalue weighted by molar-refractivity contribution is -0.141. The van der Waals surface area contributed by atoms with Crippen LogP contribution in [0.5, 0.6) is 0 Å². The smallest absolute Gasteiger partial charge is 0.306 e.